The van der Waals surface area contributed by atoms with Crippen LogP contribution in [0.1, 0.15) is 58.8 Å². The number of hydrogen-bond acceptors (Lipinski definition) is 1. The lowest BCUT2D eigenvalue weighted by Crippen LogP contribution is -2.36. The molecule has 0 saturated heterocycles. The zero-order valence-electron chi connectivity index (χ0n) is 9.63. The Morgan fingerprint density at radius 2 is 2.21 bits per heavy atom. The molecule has 0 bridgehead atoms. The van der Waals surface area contributed by atoms with Crippen molar-refractivity contribution < 1.29 is 5.11 Å². The lowest BCUT2D eigenvalue weighted by atomic mass is 9.76. The molecule has 1 saturated carbocycles. The fraction of sp³-hybridized carbons (Fsp3) is 0.846. The lowest BCUT2D eigenvalue weighted by molar-refractivity contribution is 0.00321. The normalized spacial score (nSPS) is 33.8. The van der Waals surface area contributed by atoms with Crippen LogP contribution in [-0.2, 0) is 0 Å². The maximum absolute atomic E-state index is 10.4. The highest BCUT2D eigenvalue weighted by atomic mass is 16.3. The summed E-state index contributed by atoms with van der Waals surface area (Å²) < 4.78 is 0. The number of allylic oxidation sites excluding steroid dienone is 1. The molecule has 82 valence electrons. The van der Waals surface area contributed by atoms with E-state index in [0.717, 1.165) is 12.8 Å². The van der Waals surface area contributed by atoms with Gasteiger partial charge in [0.15, 0.2) is 0 Å². The van der Waals surface area contributed by atoms with Gasteiger partial charge in [-0.1, -0.05) is 51.7 Å². The van der Waals surface area contributed by atoms with E-state index in [0.29, 0.717) is 5.92 Å². The van der Waals surface area contributed by atoms with E-state index in [9.17, 15) is 5.11 Å². The van der Waals surface area contributed by atoms with Gasteiger partial charge in [0.1, 0.15) is 0 Å². The standard InChI is InChI=1S/C13H24O/c1-3-4-5-7-10-13(14)11-8-6-9-12(13)2/h7,10,12,14H,3-6,8-9,11H2,1-2H3/b10-7-/t12-,13+/m0/s1. The molecule has 1 nitrogen and oxygen atoms in total. The average Bonchev–Trinajstić information content (AvgIpc) is 2.18. The molecule has 0 spiro atoms. The van der Waals surface area contributed by atoms with Crippen LogP contribution in [0.25, 0.3) is 0 Å². The molecule has 0 amide bonds. The second kappa shape index (κ2) is 5.55. The predicted octanol–water partition coefficient (Wildman–Crippen LogP) is 3.67. The Labute approximate surface area is 88.2 Å². The molecule has 1 heteroatoms. The van der Waals surface area contributed by atoms with Crippen LogP contribution < -0.4 is 0 Å². The van der Waals surface area contributed by atoms with Crippen molar-refractivity contribution in [2.24, 2.45) is 5.92 Å². The number of aliphatic hydroxyl groups is 1. The molecule has 1 aliphatic carbocycles. The van der Waals surface area contributed by atoms with Crippen LogP contribution in [0.5, 0.6) is 0 Å². The first-order valence-corrected chi connectivity index (χ1v) is 6.09. The second-order valence-corrected chi connectivity index (χ2v) is 4.68. The third-order valence-electron chi connectivity index (χ3n) is 3.45. The van der Waals surface area contributed by atoms with Gasteiger partial charge in [0.05, 0.1) is 5.60 Å². The Balaban J connectivity index is 2.42. The van der Waals surface area contributed by atoms with E-state index in [1.54, 1.807) is 0 Å². The van der Waals surface area contributed by atoms with Gasteiger partial charge in [0.25, 0.3) is 0 Å². The predicted molar refractivity (Wildman–Crippen MR) is 61.2 cm³/mol. The average molecular weight is 196 g/mol. The number of unbranched alkanes of at least 4 members (excludes halogenated alkanes) is 2. The summed E-state index contributed by atoms with van der Waals surface area (Å²) >= 11 is 0. The molecule has 0 aromatic carbocycles. The quantitative estimate of drug-likeness (QED) is 0.537. The van der Waals surface area contributed by atoms with Crippen molar-refractivity contribution in [2.45, 2.75) is 64.4 Å². The Bertz CT molecular complexity index is 186. The molecule has 14 heavy (non-hydrogen) atoms. The molecule has 1 fully saturated rings. The van der Waals surface area contributed by atoms with E-state index in [4.69, 9.17) is 0 Å². The molecular weight excluding hydrogens is 172 g/mol. The molecular formula is C13H24O. The highest BCUT2D eigenvalue weighted by molar-refractivity contribution is 5.05. The Morgan fingerprint density at radius 3 is 2.86 bits per heavy atom. The van der Waals surface area contributed by atoms with Crippen LogP contribution >= 0.6 is 0 Å². The summed E-state index contributed by atoms with van der Waals surface area (Å²) in [6.07, 6.45) is 12.4. The molecule has 2 atom stereocenters. The van der Waals surface area contributed by atoms with Gasteiger partial charge in [-0.3, -0.25) is 0 Å². The maximum atomic E-state index is 10.4. The number of hydrogen-bond donors (Lipinski definition) is 1. The maximum Gasteiger partial charge on any atom is 0.0853 e. The topological polar surface area (TPSA) is 20.2 Å². The summed E-state index contributed by atoms with van der Waals surface area (Å²) in [6, 6.07) is 0. The van der Waals surface area contributed by atoms with Crippen molar-refractivity contribution in [3.63, 3.8) is 0 Å². The van der Waals surface area contributed by atoms with E-state index >= 15 is 0 Å². The van der Waals surface area contributed by atoms with Gasteiger partial charge < -0.3 is 5.11 Å². The van der Waals surface area contributed by atoms with E-state index in [-0.39, 0.29) is 0 Å². The molecule has 0 radical (unpaired) electrons. The van der Waals surface area contributed by atoms with E-state index in [2.05, 4.69) is 26.0 Å². The highest BCUT2D eigenvalue weighted by Crippen LogP contribution is 2.34. The van der Waals surface area contributed by atoms with E-state index < -0.39 is 5.60 Å². The van der Waals surface area contributed by atoms with Gasteiger partial charge in [-0.2, -0.15) is 0 Å². The van der Waals surface area contributed by atoms with Crippen LogP contribution in [0.15, 0.2) is 12.2 Å². The van der Waals surface area contributed by atoms with Gasteiger partial charge in [-0.25, -0.2) is 0 Å². The Morgan fingerprint density at radius 1 is 1.43 bits per heavy atom. The largest absolute Gasteiger partial charge is 0.386 e. The molecule has 1 rings (SSSR count). The monoisotopic (exact) mass is 196 g/mol. The van der Waals surface area contributed by atoms with Crippen LogP contribution in [0.2, 0.25) is 0 Å². The molecule has 0 aromatic rings. The van der Waals surface area contributed by atoms with Gasteiger partial charge in [-0.15, -0.1) is 0 Å². The van der Waals surface area contributed by atoms with Crippen molar-refractivity contribution in [3.05, 3.63) is 12.2 Å². The fourth-order valence-corrected chi connectivity index (χ4v) is 2.21. The minimum absolute atomic E-state index is 0.439. The Hall–Kier alpha value is -0.300. The first-order valence-electron chi connectivity index (χ1n) is 6.09. The summed E-state index contributed by atoms with van der Waals surface area (Å²) in [5.74, 6) is 0.439. The second-order valence-electron chi connectivity index (χ2n) is 4.68. The molecule has 1 N–H and O–H groups in total. The molecule has 0 unspecified atom stereocenters. The molecule has 0 aromatic heterocycles. The third-order valence-corrected chi connectivity index (χ3v) is 3.45. The third kappa shape index (κ3) is 3.13. The number of rotatable bonds is 4. The molecule has 0 heterocycles. The van der Waals surface area contributed by atoms with Crippen LogP contribution in [0.4, 0.5) is 0 Å². The fourth-order valence-electron chi connectivity index (χ4n) is 2.21. The van der Waals surface area contributed by atoms with Crippen LogP contribution in [0, 0.1) is 5.92 Å². The van der Waals surface area contributed by atoms with E-state index in [1.165, 1.54) is 32.1 Å². The minimum Gasteiger partial charge on any atom is -0.386 e. The minimum atomic E-state index is -0.494. The zero-order valence-corrected chi connectivity index (χ0v) is 9.63. The SMILES string of the molecule is CCCC/C=C\[C@@]1(O)CCCC[C@@H]1C. The lowest BCUT2D eigenvalue weighted by Gasteiger charge is -2.35. The summed E-state index contributed by atoms with van der Waals surface area (Å²) in [5.41, 5.74) is -0.494. The smallest absolute Gasteiger partial charge is 0.0853 e. The van der Waals surface area contributed by atoms with Crippen LogP contribution in [-0.4, -0.2) is 10.7 Å². The van der Waals surface area contributed by atoms with Gasteiger partial charge in [-0.05, 0) is 25.2 Å². The van der Waals surface area contributed by atoms with Crippen molar-refractivity contribution >= 4 is 0 Å². The molecule has 1 aliphatic rings. The van der Waals surface area contributed by atoms with Gasteiger partial charge in [0.2, 0.25) is 0 Å². The summed E-state index contributed by atoms with van der Waals surface area (Å²) in [7, 11) is 0. The van der Waals surface area contributed by atoms with Gasteiger partial charge >= 0.3 is 0 Å². The van der Waals surface area contributed by atoms with Crippen molar-refractivity contribution in [2.75, 3.05) is 0 Å². The van der Waals surface area contributed by atoms with Crippen molar-refractivity contribution in [3.8, 4) is 0 Å². The first kappa shape index (κ1) is 11.8. The van der Waals surface area contributed by atoms with Crippen molar-refractivity contribution in [1.29, 1.82) is 0 Å². The first-order chi connectivity index (χ1) is 6.69. The Kier molecular flexibility index (Phi) is 4.67. The highest BCUT2D eigenvalue weighted by Gasteiger charge is 2.32. The van der Waals surface area contributed by atoms with E-state index in [1.807, 2.05) is 0 Å². The zero-order chi connectivity index (χ0) is 10.4. The summed E-state index contributed by atoms with van der Waals surface area (Å²) in [6.45, 7) is 4.37. The summed E-state index contributed by atoms with van der Waals surface area (Å²) in [5, 5.41) is 10.4. The summed E-state index contributed by atoms with van der Waals surface area (Å²) in [4.78, 5) is 0. The molecule has 0 aliphatic heterocycles. The van der Waals surface area contributed by atoms with Crippen molar-refractivity contribution in [1.82, 2.24) is 0 Å². The van der Waals surface area contributed by atoms with Crippen LogP contribution in [0.3, 0.4) is 0 Å². The van der Waals surface area contributed by atoms with Gasteiger partial charge in [0, 0.05) is 0 Å².